The van der Waals surface area contributed by atoms with Gasteiger partial charge in [0.1, 0.15) is 11.9 Å². The van der Waals surface area contributed by atoms with Crippen LogP contribution in [0.4, 0.5) is 8.78 Å². The first-order valence-electron chi connectivity index (χ1n) is 4.61. The number of benzene rings is 1. The summed E-state index contributed by atoms with van der Waals surface area (Å²) in [5, 5.41) is 0. The molecule has 0 saturated heterocycles. The van der Waals surface area contributed by atoms with Crippen LogP contribution in [0.5, 0.6) is 5.75 Å². The summed E-state index contributed by atoms with van der Waals surface area (Å²) in [6, 6.07) is 9.00. The number of halogens is 2. The summed E-state index contributed by atoms with van der Waals surface area (Å²) >= 11 is 0. The zero-order valence-corrected chi connectivity index (χ0v) is 8.28. The van der Waals surface area contributed by atoms with Gasteiger partial charge < -0.3 is 4.74 Å². The molecule has 0 spiro atoms. The van der Waals surface area contributed by atoms with E-state index in [1.54, 1.807) is 19.1 Å². The minimum Gasteiger partial charge on any atom is -0.490 e. The lowest BCUT2D eigenvalue weighted by Gasteiger charge is -2.20. The number of hydrogen-bond acceptors (Lipinski definition) is 1. The maximum Gasteiger partial charge on any atom is 0.244 e. The Balaban J connectivity index is 2.53. The first kappa shape index (κ1) is 11.0. The first-order valence-corrected chi connectivity index (χ1v) is 4.61. The second kappa shape index (κ2) is 4.94. The Bertz CT molecular complexity index is 261. The van der Waals surface area contributed by atoms with Crippen LogP contribution in [0.25, 0.3) is 0 Å². The van der Waals surface area contributed by atoms with Crippen LogP contribution in [0.2, 0.25) is 0 Å². The molecule has 1 nitrogen and oxygen atoms in total. The summed E-state index contributed by atoms with van der Waals surface area (Å²) < 4.78 is 30.0. The van der Waals surface area contributed by atoms with Gasteiger partial charge in [0, 0.05) is 0 Å². The Morgan fingerprint density at radius 2 is 1.64 bits per heavy atom. The van der Waals surface area contributed by atoms with Crippen molar-refractivity contribution in [1.29, 1.82) is 0 Å². The van der Waals surface area contributed by atoms with Crippen molar-refractivity contribution in [2.45, 2.75) is 26.4 Å². The summed E-state index contributed by atoms with van der Waals surface area (Å²) in [6.45, 7) is 3.14. The van der Waals surface area contributed by atoms with Crippen molar-refractivity contribution in [3.05, 3.63) is 30.3 Å². The Morgan fingerprint density at radius 1 is 1.07 bits per heavy atom. The third-order valence-electron chi connectivity index (χ3n) is 2.20. The molecule has 0 N–H and O–H groups in total. The summed E-state index contributed by atoms with van der Waals surface area (Å²) in [4.78, 5) is 0. The van der Waals surface area contributed by atoms with E-state index in [4.69, 9.17) is 4.74 Å². The van der Waals surface area contributed by atoms with Gasteiger partial charge in [-0.05, 0) is 19.1 Å². The highest BCUT2D eigenvalue weighted by atomic mass is 19.3. The van der Waals surface area contributed by atoms with Gasteiger partial charge in [-0.15, -0.1) is 0 Å². The van der Waals surface area contributed by atoms with Crippen molar-refractivity contribution in [2.75, 3.05) is 0 Å². The summed E-state index contributed by atoms with van der Waals surface area (Å²) in [5.41, 5.74) is 0. The third-order valence-corrected chi connectivity index (χ3v) is 2.20. The van der Waals surface area contributed by atoms with Gasteiger partial charge in [0.2, 0.25) is 6.43 Å². The molecule has 0 radical (unpaired) electrons. The van der Waals surface area contributed by atoms with Crippen LogP contribution in [-0.2, 0) is 0 Å². The number of para-hydroxylation sites is 1. The quantitative estimate of drug-likeness (QED) is 0.724. The molecule has 1 aromatic carbocycles. The molecule has 0 aliphatic rings. The predicted molar refractivity (Wildman–Crippen MR) is 51.7 cm³/mol. The Morgan fingerprint density at radius 3 is 2.14 bits per heavy atom. The molecule has 78 valence electrons. The van der Waals surface area contributed by atoms with E-state index in [1.807, 2.05) is 18.2 Å². The smallest absolute Gasteiger partial charge is 0.244 e. The number of hydrogen-bond donors (Lipinski definition) is 0. The molecular formula is C11H14F2O. The molecule has 3 heteroatoms. The van der Waals surface area contributed by atoms with Crippen molar-refractivity contribution in [3.63, 3.8) is 0 Å². The van der Waals surface area contributed by atoms with E-state index in [0.717, 1.165) is 0 Å². The van der Waals surface area contributed by atoms with Crippen molar-refractivity contribution in [1.82, 2.24) is 0 Å². The summed E-state index contributed by atoms with van der Waals surface area (Å²) in [7, 11) is 0. The zero-order valence-electron chi connectivity index (χ0n) is 8.28. The average molecular weight is 200 g/mol. The minimum atomic E-state index is -2.34. The molecule has 1 aromatic rings. The van der Waals surface area contributed by atoms with Crippen molar-refractivity contribution in [3.8, 4) is 5.75 Å². The Labute approximate surface area is 82.7 Å². The lowest BCUT2D eigenvalue weighted by Crippen LogP contribution is -2.26. The molecule has 0 unspecified atom stereocenters. The normalized spacial score (nSPS) is 15.2. The van der Waals surface area contributed by atoms with Crippen molar-refractivity contribution < 1.29 is 13.5 Å². The van der Waals surface area contributed by atoms with Crippen molar-refractivity contribution in [2.24, 2.45) is 5.92 Å². The SMILES string of the molecule is C[C@H](Oc1ccccc1)[C@H](C)C(F)F. The Kier molecular flexibility index (Phi) is 3.86. The van der Waals surface area contributed by atoms with Crippen LogP contribution in [0, 0.1) is 5.92 Å². The average Bonchev–Trinajstić information content (AvgIpc) is 2.18. The highest BCUT2D eigenvalue weighted by Crippen LogP contribution is 2.19. The maximum absolute atomic E-state index is 12.3. The zero-order chi connectivity index (χ0) is 10.6. The van der Waals surface area contributed by atoms with Crippen LogP contribution in [0.15, 0.2) is 30.3 Å². The monoisotopic (exact) mass is 200 g/mol. The van der Waals surface area contributed by atoms with E-state index in [-0.39, 0.29) is 0 Å². The van der Waals surface area contributed by atoms with Crippen LogP contribution in [0.1, 0.15) is 13.8 Å². The lowest BCUT2D eigenvalue weighted by molar-refractivity contribution is 0.0214. The highest BCUT2D eigenvalue weighted by molar-refractivity contribution is 5.21. The molecule has 0 saturated carbocycles. The molecule has 1 rings (SSSR count). The molecule has 14 heavy (non-hydrogen) atoms. The van der Waals surface area contributed by atoms with E-state index in [9.17, 15) is 8.78 Å². The van der Waals surface area contributed by atoms with Gasteiger partial charge in [-0.25, -0.2) is 8.78 Å². The number of ether oxygens (including phenoxy) is 1. The predicted octanol–water partition coefficient (Wildman–Crippen LogP) is 3.36. The van der Waals surface area contributed by atoms with Gasteiger partial charge in [0.25, 0.3) is 0 Å². The van der Waals surface area contributed by atoms with Gasteiger partial charge in [0.15, 0.2) is 0 Å². The molecule has 0 amide bonds. The summed E-state index contributed by atoms with van der Waals surface area (Å²) in [6.07, 6.45) is -2.81. The van der Waals surface area contributed by atoms with Crippen LogP contribution < -0.4 is 4.74 Å². The largest absolute Gasteiger partial charge is 0.490 e. The fourth-order valence-electron chi connectivity index (χ4n) is 1.03. The molecule has 0 bridgehead atoms. The topological polar surface area (TPSA) is 9.23 Å². The molecular weight excluding hydrogens is 186 g/mol. The molecule has 0 aromatic heterocycles. The van der Waals surface area contributed by atoms with Gasteiger partial charge in [-0.3, -0.25) is 0 Å². The fraction of sp³-hybridized carbons (Fsp3) is 0.455. The van der Waals surface area contributed by atoms with E-state index in [2.05, 4.69) is 0 Å². The number of rotatable bonds is 4. The highest BCUT2D eigenvalue weighted by Gasteiger charge is 2.22. The van der Waals surface area contributed by atoms with Gasteiger partial charge in [0.05, 0.1) is 5.92 Å². The molecule has 0 fully saturated rings. The van der Waals surface area contributed by atoms with Gasteiger partial charge in [-0.2, -0.15) is 0 Å². The van der Waals surface area contributed by atoms with Crippen LogP contribution in [0.3, 0.4) is 0 Å². The first-order chi connectivity index (χ1) is 6.61. The number of alkyl halides is 2. The van der Waals surface area contributed by atoms with E-state index in [1.165, 1.54) is 6.92 Å². The second-order valence-corrected chi connectivity index (χ2v) is 3.33. The van der Waals surface area contributed by atoms with Crippen molar-refractivity contribution >= 4 is 0 Å². The van der Waals surface area contributed by atoms with E-state index < -0.39 is 18.4 Å². The molecule has 0 aliphatic heterocycles. The molecule has 0 aliphatic carbocycles. The van der Waals surface area contributed by atoms with E-state index in [0.29, 0.717) is 5.75 Å². The maximum atomic E-state index is 12.3. The lowest BCUT2D eigenvalue weighted by atomic mass is 10.1. The van der Waals surface area contributed by atoms with E-state index >= 15 is 0 Å². The second-order valence-electron chi connectivity index (χ2n) is 3.33. The van der Waals surface area contributed by atoms with Gasteiger partial charge >= 0.3 is 0 Å². The standard InChI is InChI=1S/C11H14F2O/c1-8(11(12)13)9(2)14-10-6-4-3-5-7-10/h3-9,11H,1-2H3/t8-,9-/m0/s1. The van der Waals surface area contributed by atoms with Crippen LogP contribution in [-0.4, -0.2) is 12.5 Å². The molecule has 0 heterocycles. The van der Waals surface area contributed by atoms with Crippen LogP contribution >= 0.6 is 0 Å². The van der Waals surface area contributed by atoms with Gasteiger partial charge in [-0.1, -0.05) is 25.1 Å². The molecule has 2 atom stereocenters. The fourth-order valence-corrected chi connectivity index (χ4v) is 1.03. The minimum absolute atomic E-state index is 0.475. The Hall–Kier alpha value is -1.12. The summed E-state index contributed by atoms with van der Waals surface area (Å²) in [5.74, 6) is -0.122. The third kappa shape index (κ3) is 2.98.